The SMILES string of the molecule is Cc1ccnc(C(C)C)c1-n1c(=O)nc(N2C[C@@H](C)N(C(=O)OC(C)(C)C)C[C@@H]2C)c2cc(F)c(-c3c(N)cccc3F)nc21. The number of carbonyl (C=O) groups is 1. The van der Waals surface area contributed by atoms with Gasteiger partial charge >= 0.3 is 11.8 Å². The molecule has 5 rings (SSSR count). The number of pyridine rings is 2. The van der Waals surface area contributed by atoms with E-state index in [1.807, 2.05) is 39.5 Å². The number of rotatable bonds is 4. The van der Waals surface area contributed by atoms with E-state index in [2.05, 4.69) is 15.0 Å². The zero-order valence-electron chi connectivity index (χ0n) is 26.9. The van der Waals surface area contributed by atoms with E-state index in [-0.39, 0.29) is 58.3 Å². The van der Waals surface area contributed by atoms with Crippen molar-refractivity contribution >= 4 is 28.6 Å². The predicted octanol–water partition coefficient (Wildman–Crippen LogP) is 5.97. The van der Waals surface area contributed by atoms with Crippen molar-refractivity contribution in [1.82, 2.24) is 24.4 Å². The molecule has 0 radical (unpaired) electrons. The van der Waals surface area contributed by atoms with E-state index in [0.717, 1.165) is 5.56 Å². The first-order valence-electron chi connectivity index (χ1n) is 15.0. The Kier molecular flexibility index (Phi) is 8.28. The van der Waals surface area contributed by atoms with Crippen molar-refractivity contribution in [3.05, 3.63) is 69.9 Å². The zero-order chi connectivity index (χ0) is 33.0. The summed E-state index contributed by atoms with van der Waals surface area (Å²) in [5.41, 5.74) is 6.17. The van der Waals surface area contributed by atoms with Crippen LogP contribution in [0.2, 0.25) is 0 Å². The standard InChI is InChI=1S/C33H39F2N7O3/c1-17(2)26-28(18(3)12-13-37-26)42-30-21(14-23(35)27(38-30)25-22(34)10-9-11-24(25)36)29(39-31(42)43)40-15-20(5)41(16-19(40)4)32(44)45-33(6,7)8/h9-14,17,19-20H,15-16,36H2,1-8H3/t19-,20+/m0/s1. The molecule has 1 saturated heterocycles. The Balaban J connectivity index is 1.76. The first kappa shape index (κ1) is 31.8. The summed E-state index contributed by atoms with van der Waals surface area (Å²) in [6, 6.07) is 6.42. The van der Waals surface area contributed by atoms with Crippen LogP contribution in [0.25, 0.3) is 28.0 Å². The highest BCUT2D eigenvalue weighted by Crippen LogP contribution is 2.36. The molecule has 4 aromatic rings. The molecular weight excluding hydrogens is 580 g/mol. The molecule has 4 heterocycles. The maximum absolute atomic E-state index is 16.0. The van der Waals surface area contributed by atoms with Crippen LogP contribution in [-0.4, -0.2) is 61.3 Å². The number of benzene rings is 1. The number of nitrogens with zero attached hydrogens (tertiary/aromatic N) is 6. The Morgan fingerprint density at radius 1 is 1.07 bits per heavy atom. The Morgan fingerprint density at radius 3 is 2.42 bits per heavy atom. The average molecular weight is 620 g/mol. The van der Waals surface area contributed by atoms with Crippen molar-refractivity contribution in [1.29, 1.82) is 0 Å². The van der Waals surface area contributed by atoms with Crippen molar-refractivity contribution < 1.29 is 18.3 Å². The number of fused-ring (bicyclic) bond motifs is 1. The third kappa shape index (κ3) is 5.93. The highest BCUT2D eigenvalue weighted by atomic mass is 19.1. The van der Waals surface area contributed by atoms with Crippen molar-refractivity contribution in [3.8, 4) is 16.9 Å². The van der Waals surface area contributed by atoms with Crippen molar-refractivity contribution in [2.45, 2.75) is 79.0 Å². The number of piperazine rings is 1. The molecule has 238 valence electrons. The van der Waals surface area contributed by atoms with E-state index in [1.165, 1.54) is 28.8 Å². The molecule has 0 saturated carbocycles. The van der Waals surface area contributed by atoms with Gasteiger partial charge in [-0.1, -0.05) is 19.9 Å². The number of ether oxygens (including phenoxy) is 1. The van der Waals surface area contributed by atoms with E-state index in [9.17, 15) is 9.59 Å². The summed E-state index contributed by atoms with van der Waals surface area (Å²) in [5.74, 6) is -1.44. The fourth-order valence-electron chi connectivity index (χ4n) is 5.77. The van der Waals surface area contributed by atoms with Crippen LogP contribution in [0.3, 0.4) is 0 Å². The van der Waals surface area contributed by atoms with Gasteiger partial charge < -0.3 is 20.3 Å². The van der Waals surface area contributed by atoms with Gasteiger partial charge in [-0.25, -0.2) is 27.9 Å². The molecule has 10 nitrogen and oxygen atoms in total. The molecule has 45 heavy (non-hydrogen) atoms. The fraction of sp³-hybridized carbons (Fsp3) is 0.424. The average Bonchev–Trinajstić information content (AvgIpc) is 2.93. The summed E-state index contributed by atoms with van der Waals surface area (Å²) in [5, 5.41) is 0.244. The minimum absolute atomic E-state index is 0.00469. The van der Waals surface area contributed by atoms with E-state index in [4.69, 9.17) is 10.5 Å². The first-order valence-corrected chi connectivity index (χ1v) is 15.0. The smallest absolute Gasteiger partial charge is 0.410 e. The number of amides is 1. The van der Waals surface area contributed by atoms with Gasteiger partial charge in [-0.15, -0.1) is 0 Å². The molecule has 0 spiro atoms. The monoisotopic (exact) mass is 619 g/mol. The van der Waals surface area contributed by atoms with Crippen LogP contribution >= 0.6 is 0 Å². The van der Waals surface area contributed by atoms with Gasteiger partial charge in [-0.3, -0.25) is 4.98 Å². The summed E-state index contributed by atoms with van der Waals surface area (Å²) in [6.07, 6.45) is 1.22. The van der Waals surface area contributed by atoms with Gasteiger partial charge in [0.25, 0.3) is 0 Å². The largest absolute Gasteiger partial charge is 0.444 e. The molecule has 1 aliphatic heterocycles. The quantitative estimate of drug-likeness (QED) is 0.278. The molecule has 1 fully saturated rings. The molecule has 0 bridgehead atoms. The number of hydrogen-bond donors (Lipinski definition) is 1. The van der Waals surface area contributed by atoms with Crippen molar-refractivity contribution in [3.63, 3.8) is 0 Å². The van der Waals surface area contributed by atoms with Crippen LogP contribution in [-0.2, 0) is 4.74 Å². The van der Waals surface area contributed by atoms with Crippen molar-refractivity contribution in [2.24, 2.45) is 0 Å². The lowest BCUT2D eigenvalue weighted by molar-refractivity contribution is 0.0130. The predicted molar refractivity (Wildman–Crippen MR) is 171 cm³/mol. The second-order valence-corrected chi connectivity index (χ2v) is 12.9. The van der Waals surface area contributed by atoms with Crippen LogP contribution in [0.15, 0.2) is 41.3 Å². The summed E-state index contributed by atoms with van der Waals surface area (Å²) in [7, 11) is 0. The molecular formula is C33H39F2N7O3. The van der Waals surface area contributed by atoms with Crippen LogP contribution in [0.4, 0.5) is 25.1 Å². The molecule has 3 aromatic heterocycles. The lowest BCUT2D eigenvalue weighted by Crippen LogP contribution is -2.59. The van der Waals surface area contributed by atoms with Crippen molar-refractivity contribution in [2.75, 3.05) is 23.7 Å². The topological polar surface area (TPSA) is 119 Å². The molecule has 2 N–H and O–H groups in total. The number of carbonyl (C=O) groups excluding carboxylic acids is 1. The zero-order valence-corrected chi connectivity index (χ0v) is 26.9. The third-order valence-corrected chi connectivity index (χ3v) is 7.89. The second kappa shape index (κ2) is 11.7. The molecule has 0 unspecified atom stereocenters. The van der Waals surface area contributed by atoms with Crippen LogP contribution in [0, 0.1) is 18.6 Å². The summed E-state index contributed by atoms with van der Waals surface area (Å²) in [4.78, 5) is 44.2. The summed E-state index contributed by atoms with van der Waals surface area (Å²) in [6.45, 7) is 15.5. The Labute approximate surface area is 260 Å². The van der Waals surface area contributed by atoms with Gasteiger partial charge in [0.2, 0.25) is 0 Å². The number of nitrogen functional groups attached to an aromatic ring is 1. The highest BCUT2D eigenvalue weighted by molar-refractivity contribution is 5.91. The fourth-order valence-corrected chi connectivity index (χ4v) is 5.77. The maximum Gasteiger partial charge on any atom is 0.410 e. The van der Waals surface area contributed by atoms with Gasteiger partial charge in [-0.05, 0) is 77.3 Å². The Bertz CT molecular complexity index is 1830. The minimum Gasteiger partial charge on any atom is -0.444 e. The molecule has 2 atom stereocenters. The third-order valence-electron chi connectivity index (χ3n) is 7.89. The lowest BCUT2D eigenvalue weighted by atomic mass is 10.0. The number of aryl methyl sites for hydroxylation is 1. The van der Waals surface area contributed by atoms with Crippen LogP contribution in [0.1, 0.15) is 65.6 Å². The highest BCUT2D eigenvalue weighted by Gasteiger charge is 2.36. The van der Waals surface area contributed by atoms with E-state index >= 15 is 8.78 Å². The minimum atomic E-state index is -0.826. The van der Waals surface area contributed by atoms with E-state index < -0.39 is 29.0 Å². The van der Waals surface area contributed by atoms with E-state index in [0.29, 0.717) is 17.9 Å². The number of hydrogen-bond acceptors (Lipinski definition) is 8. The molecule has 12 heteroatoms. The number of anilines is 2. The number of nitrogens with two attached hydrogens (primary N) is 1. The van der Waals surface area contributed by atoms with E-state index in [1.54, 1.807) is 37.9 Å². The second-order valence-electron chi connectivity index (χ2n) is 12.9. The molecule has 1 amide bonds. The normalized spacial score (nSPS) is 17.3. The first-order chi connectivity index (χ1) is 21.1. The Hall–Kier alpha value is -4.61. The lowest BCUT2D eigenvalue weighted by Gasteiger charge is -2.44. The van der Waals surface area contributed by atoms with Crippen LogP contribution in [0.5, 0.6) is 0 Å². The van der Waals surface area contributed by atoms with Gasteiger partial charge in [-0.2, -0.15) is 4.98 Å². The molecule has 0 aliphatic carbocycles. The molecule has 1 aliphatic rings. The molecule has 1 aromatic carbocycles. The maximum atomic E-state index is 16.0. The van der Waals surface area contributed by atoms with Gasteiger partial charge in [0, 0.05) is 37.1 Å². The van der Waals surface area contributed by atoms with Gasteiger partial charge in [0.15, 0.2) is 11.5 Å². The summed E-state index contributed by atoms with van der Waals surface area (Å²) >= 11 is 0. The van der Waals surface area contributed by atoms with Crippen LogP contribution < -0.4 is 16.3 Å². The van der Waals surface area contributed by atoms with Gasteiger partial charge in [0.1, 0.15) is 22.9 Å². The Morgan fingerprint density at radius 2 is 1.78 bits per heavy atom. The summed E-state index contributed by atoms with van der Waals surface area (Å²) < 4.78 is 38.1. The number of aromatic nitrogens is 4. The number of halogens is 2. The van der Waals surface area contributed by atoms with Gasteiger partial charge in [0.05, 0.1) is 22.3 Å².